The second-order valence-corrected chi connectivity index (χ2v) is 6.86. The van der Waals surface area contributed by atoms with Crippen LogP contribution < -0.4 is 4.78 Å². The number of allylic oxidation sites excluding steroid dienone is 1. The Kier molecular flexibility index (Phi) is 3.47. The van der Waals surface area contributed by atoms with Crippen molar-refractivity contribution < 1.29 is 9.31 Å². The maximum Gasteiger partial charge on any atom is 0.505 e. The van der Waals surface area contributed by atoms with E-state index in [4.69, 9.17) is 9.31 Å². The lowest BCUT2D eigenvalue weighted by Gasteiger charge is -2.32. The molecule has 0 aromatic carbocycles. The summed E-state index contributed by atoms with van der Waals surface area (Å²) in [6, 6.07) is 4.19. The van der Waals surface area contributed by atoms with E-state index in [1.165, 1.54) is 10.5 Å². The minimum absolute atomic E-state index is 0.251. The van der Waals surface area contributed by atoms with Gasteiger partial charge in [-0.1, -0.05) is 19.6 Å². The Balaban J connectivity index is 2.20. The first kappa shape index (κ1) is 13.8. The molecule has 0 saturated carbocycles. The van der Waals surface area contributed by atoms with Gasteiger partial charge in [-0.25, -0.2) is 0 Å². The predicted octanol–water partition coefficient (Wildman–Crippen LogP) is 3.47. The first-order chi connectivity index (χ1) is 8.27. The van der Waals surface area contributed by atoms with Crippen LogP contribution in [0.1, 0.15) is 45.9 Å². The van der Waals surface area contributed by atoms with E-state index in [9.17, 15) is 0 Å². The summed E-state index contributed by atoms with van der Waals surface area (Å²) in [6.07, 6.45) is 0.976. The predicted molar refractivity (Wildman–Crippen MR) is 79.4 cm³/mol. The van der Waals surface area contributed by atoms with Crippen LogP contribution in [0.15, 0.2) is 18.7 Å². The normalized spacial score (nSPS) is 21.3. The van der Waals surface area contributed by atoms with Crippen LogP contribution in [0.5, 0.6) is 0 Å². The molecule has 2 nitrogen and oxygen atoms in total. The zero-order valence-electron chi connectivity index (χ0n) is 11.9. The Hall–Kier alpha value is -0.575. The van der Waals surface area contributed by atoms with Crippen LogP contribution in [0, 0.1) is 0 Å². The van der Waals surface area contributed by atoms with E-state index in [1.807, 2.05) is 0 Å². The van der Waals surface area contributed by atoms with E-state index in [2.05, 4.69) is 53.3 Å². The zero-order valence-corrected chi connectivity index (χ0v) is 12.7. The second-order valence-electron chi connectivity index (χ2n) is 5.75. The first-order valence-electron chi connectivity index (χ1n) is 6.40. The van der Waals surface area contributed by atoms with Gasteiger partial charge in [-0.3, -0.25) is 0 Å². The number of rotatable bonds is 3. The Labute approximate surface area is 114 Å². The van der Waals surface area contributed by atoms with Crippen LogP contribution in [0.3, 0.4) is 0 Å². The van der Waals surface area contributed by atoms with Crippen molar-refractivity contribution in [3.05, 3.63) is 23.6 Å². The van der Waals surface area contributed by atoms with Gasteiger partial charge in [-0.05, 0) is 45.8 Å². The van der Waals surface area contributed by atoms with Gasteiger partial charge in [0.25, 0.3) is 0 Å². The fraction of sp³-hybridized carbons (Fsp3) is 0.571. The Morgan fingerprint density at radius 2 is 1.78 bits per heavy atom. The summed E-state index contributed by atoms with van der Waals surface area (Å²) in [5, 5.41) is 0. The van der Waals surface area contributed by atoms with Gasteiger partial charge < -0.3 is 9.31 Å². The quantitative estimate of drug-likeness (QED) is 0.778. The van der Waals surface area contributed by atoms with Gasteiger partial charge in [-0.2, -0.15) is 0 Å². The Morgan fingerprint density at radius 3 is 2.28 bits per heavy atom. The standard InChI is InChI=1S/C14H21BO2S/c1-7-10(2)11-8-9-12(18-11)15-16-13(3,4)14(5,6)17-15/h8-9H,2,7H2,1,3-6H3. The zero-order chi connectivity index (χ0) is 13.6. The fourth-order valence-electron chi connectivity index (χ4n) is 1.80. The van der Waals surface area contributed by atoms with Gasteiger partial charge >= 0.3 is 7.12 Å². The Morgan fingerprint density at radius 1 is 1.22 bits per heavy atom. The van der Waals surface area contributed by atoms with E-state index < -0.39 is 0 Å². The molecule has 4 heteroatoms. The molecule has 0 unspecified atom stereocenters. The highest BCUT2D eigenvalue weighted by Gasteiger charge is 2.52. The molecule has 18 heavy (non-hydrogen) atoms. The summed E-state index contributed by atoms with van der Waals surface area (Å²) in [4.78, 5) is 1.22. The topological polar surface area (TPSA) is 18.5 Å². The van der Waals surface area contributed by atoms with E-state index in [-0.39, 0.29) is 18.3 Å². The highest BCUT2D eigenvalue weighted by Crippen LogP contribution is 2.37. The van der Waals surface area contributed by atoms with Crippen molar-refractivity contribution in [2.45, 2.75) is 52.2 Å². The maximum absolute atomic E-state index is 6.04. The van der Waals surface area contributed by atoms with E-state index >= 15 is 0 Å². The monoisotopic (exact) mass is 264 g/mol. The molecule has 0 N–H and O–H groups in total. The third-order valence-corrected chi connectivity index (χ3v) is 5.10. The summed E-state index contributed by atoms with van der Waals surface area (Å²) in [6.45, 7) is 14.5. The van der Waals surface area contributed by atoms with Crippen LogP contribution in [-0.2, 0) is 9.31 Å². The molecular weight excluding hydrogens is 243 g/mol. The molecule has 0 amide bonds. The summed E-state index contributed by atoms with van der Waals surface area (Å²) in [5.74, 6) is 0. The molecule has 0 spiro atoms. The molecule has 0 atom stereocenters. The first-order valence-corrected chi connectivity index (χ1v) is 7.22. The molecular formula is C14H21BO2S. The van der Waals surface area contributed by atoms with Crippen molar-refractivity contribution >= 4 is 28.8 Å². The van der Waals surface area contributed by atoms with Crippen LogP contribution in [0.2, 0.25) is 0 Å². The molecule has 0 radical (unpaired) electrons. The summed E-state index contributed by atoms with van der Waals surface area (Å²) in [5.41, 5.74) is 0.621. The van der Waals surface area contributed by atoms with Crippen molar-refractivity contribution in [3.8, 4) is 0 Å². The van der Waals surface area contributed by atoms with Gasteiger partial charge in [0, 0.05) is 9.65 Å². The third kappa shape index (κ3) is 2.29. The molecule has 2 heterocycles. The molecule has 1 aliphatic rings. The van der Waals surface area contributed by atoms with Crippen LogP contribution in [0.25, 0.3) is 5.57 Å². The van der Waals surface area contributed by atoms with E-state index in [1.54, 1.807) is 11.3 Å². The summed E-state index contributed by atoms with van der Waals surface area (Å²) < 4.78 is 13.2. The number of thiophene rings is 1. The van der Waals surface area contributed by atoms with Gasteiger partial charge in [0.1, 0.15) is 0 Å². The molecule has 1 fully saturated rings. The molecule has 1 saturated heterocycles. The molecule has 1 aromatic rings. The fourth-order valence-corrected chi connectivity index (χ4v) is 2.81. The molecule has 0 aliphatic carbocycles. The number of hydrogen-bond acceptors (Lipinski definition) is 3. The average molecular weight is 264 g/mol. The van der Waals surface area contributed by atoms with Crippen LogP contribution >= 0.6 is 11.3 Å². The molecule has 1 aliphatic heterocycles. The van der Waals surface area contributed by atoms with Crippen molar-refractivity contribution in [2.75, 3.05) is 0 Å². The highest BCUT2D eigenvalue weighted by atomic mass is 32.1. The minimum atomic E-state index is -0.274. The van der Waals surface area contributed by atoms with Gasteiger partial charge in [0.05, 0.1) is 11.2 Å². The maximum atomic E-state index is 6.04. The van der Waals surface area contributed by atoms with Gasteiger partial charge in [0.15, 0.2) is 0 Å². The number of hydrogen-bond donors (Lipinski definition) is 0. The smallest absolute Gasteiger partial charge is 0.399 e. The van der Waals surface area contributed by atoms with E-state index in [0.29, 0.717) is 0 Å². The average Bonchev–Trinajstić information content (AvgIpc) is 2.82. The lowest BCUT2D eigenvalue weighted by Crippen LogP contribution is -2.41. The SMILES string of the molecule is C=C(CC)c1ccc(B2OC(C)(C)C(C)(C)O2)s1. The Bertz CT molecular complexity index is 446. The lowest BCUT2D eigenvalue weighted by atomic mass is 9.88. The van der Waals surface area contributed by atoms with Crippen molar-refractivity contribution in [2.24, 2.45) is 0 Å². The second kappa shape index (κ2) is 4.51. The van der Waals surface area contributed by atoms with Crippen LogP contribution in [-0.4, -0.2) is 18.3 Å². The van der Waals surface area contributed by atoms with Crippen molar-refractivity contribution in [3.63, 3.8) is 0 Å². The van der Waals surface area contributed by atoms with Gasteiger partial charge in [-0.15, -0.1) is 11.3 Å². The largest absolute Gasteiger partial charge is 0.505 e. The molecule has 2 rings (SSSR count). The van der Waals surface area contributed by atoms with Crippen molar-refractivity contribution in [1.29, 1.82) is 0 Å². The lowest BCUT2D eigenvalue weighted by molar-refractivity contribution is 0.00578. The summed E-state index contributed by atoms with van der Waals surface area (Å²) in [7, 11) is -0.251. The van der Waals surface area contributed by atoms with E-state index in [0.717, 1.165) is 11.2 Å². The van der Waals surface area contributed by atoms with Crippen molar-refractivity contribution in [1.82, 2.24) is 0 Å². The third-order valence-electron chi connectivity index (χ3n) is 3.89. The van der Waals surface area contributed by atoms with Gasteiger partial charge in [0.2, 0.25) is 0 Å². The molecule has 0 bridgehead atoms. The van der Waals surface area contributed by atoms with Crippen LogP contribution in [0.4, 0.5) is 0 Å². The summed E-state index contributed by atoms with van der Waals surface area (Å²) >= 11 is 1.71. The molecule has 1 aromatic heterocycles. The highest BCUT2D eigenvalue weighted by molar-refractivity contribution is 7.23. The molecule has 98 valence electrons. The minimum Gasteiger partial charge on any atom is -0.399 e.